The van der Waals surface area contributed by atoms with Gasteiger partial charge < -0.3 is 14.7 Å². The minimum absolute atomic E-state index is 0.296. The van der Waals surface area contributed by atoms with Crippen LogP contribution in [0.3, 0.4) is 0 Å². The van der Waals surface area contributed by atoms with Crippen molar-refractivity contribution in [1.29, 1.82) is 0 Å². The summed E-state index contributed by atoms with van der Waals surface area (Å²) in [5, 5.41) is 3.42. The van der Waals surface area contributed by atoms with Crippen LogP contribution in [0.4, 0.5) is 0 Å². The van der Waals surface area contributed by atoms with Crippen molar-refractivity contribution < 1.29 is 14.0 Å². The maximum absolute atomic E-state index is 11.4. The van der Waals surface area contributed by atoms with Crippen LogP contribution in [0.25, 0.3) is 0 Å². The predicted octanol–water partition coefficient (Wildman–Crippen LogP) is 3.55. The molecule has 0 fully saturated rings. The molecule has 1 unspecified atom stereocenters. The van der Waals surface area contributed by atoms with E-state index < -0.39 is 7.60 Å². The Labute approximate surface area is 112 Å². The average molecular weight is 279 g/mol. The lowest BCUT2D eigenvalue weighted by molar-refractivity contribution is 0.272. The summed E-state index contributed by atoms with van der Waals surface area (Å²) in [6.07, 6.45) is 8.18. The van der Waals surface area contributed by atoms with Crippen molar-refractivity contribution in [3.05, 3.63) is 0 Å². The summed E-state index contributed by atoms with van der Waals surface area (Å²) >= 11 is 0. The van der Waals surface area contributed by atoms with Crippen LogP contribution in [-0.4, -0.2) is 30.8 Å². The summed E-state index contributed by atoms with van der Waals surface area (Å²) in [5.74, 6) is 0. The van der Waals surface area contributed by atoms with Gasteiger partial charge in [-0.25, -0.2) is 0 Å². The number of nitrogens with one attached hydrogen (secondary N) is 1. The first-order valence-corrected chi connectivity index (χ1v) is 9.05. The van der Waals surface area contributed by atoms with E-state index in [-0.39, 0.29) is 0 Å². The molecule has 0 aromatic carbocycles. The molecule has 18 heavy (non-hydrogen) atoms. The number of unbranched alkanes of at least 4 members (excludes halogenated alkanes) is 5. The third kappa shape index (κ3) is 12.6. The Hall–Kier alpha value is 0.110. The lowest BCUT2D eigenvalue weighted by Gasteiger charge is -2.10. The van der Waals surface area contributed by atoms with Crippen LogP contribution in [0.1, 0.15) is 58.8 Å². The molecule has 5 heteroatoms. The van der Waals surface area contributed by atoms with Gasteiger partial charge in [0.05, 0.1) is 6.61 Å². The largest absolute Gasteiger partial charge is 0.328 e. The van der Waals surface area contributed by atoms with Gasteiger partial charge in [0.1, 0.15) is 0 Å². The highest BCUT2D eigenvalue weighted by Gasteiger charge is 2.16. The highest BCUT2D eigenvalue weighted by Crippen LogP contribution is 2.42. The van der Waals surface area contributed by atoms with Crippen molar-refractivity contribution in [2.24, 2.45) is 0 Å². The first-order valence-electron chi connectivity index (χ1n) is 7.29. The van der Waals surface area contributed by atoms with E-state index >= 15 is 0 Å². The topological polar surface area (TPSA) is 58.6 Å². The van der Waals surface area contributed by atoms with E-state index in [1.807, 2.05) is 0 Å². The van der Waals surface area contributed by atoms with Gasteiger partial charge in [-0.05, 0) is 39.3 Å². The lowest BCUT2D eigenvalue weighted by Crippen LogP contribution is -2.16. The van der Waals surface area contributed by atoms with E-state index in [9.17, 15) is 9.46 Å². The lowest BCUT2D eigenvalue weighted by atomic mass is 10.2. The van der Waals surface area contributed by atoms with E-state index in [0.29, 0.717) is 12.8 Å². The van der Waals surface area contributed by atoms with Gasteiger partial charge in [-0.1, -0.05) is 32.6 Å². The van der Waals surface area contributed by atoms with Crippen LogP contribution in [0.5, 0.6) is 0 Å². The molecule has 1 atom stereocenters. The number of rotatable bonds is 13. The van der Waals surface area contributed by atoms with Crippen molar-refractivity contribution in [2.75, 3.05) is 25.9 Å². The first kappa shape index (κ1) is 18.1. The Bertz CT molecular complexity index is 224. The van der Waals surface area contributed by atoms with Gasteiger partial charge in [0.25, 0.3) is 0 Å². The van der Waals surface area contributed by atoms with Crippen LogP contribution in [-0.2, 0) is 9.09 Å². The van der Waals surface area contributed by atoms with E-state index in [4.69, 9.17) is 4.52 Å². The smallest absolute Gasteiger partial charge is 0.324 e. The normalized spacial score (nSPS) is 14.6. The molecule has 4 nitrogen and oxygen atoms in total. The summed E-state index contributed by atoms with van der Waals surface area (Å²) in [6.45, 7) is 6.45. The van der Waals surface area contributed by atoms with Crippen molar-refractivity contribution in [3.8, 4) is 0 Å². The van der Waals surface area contributed by atoms with Crippen LogP contribution in [0.15, 0.2) is 0 Å². The second-order valence-corrected chi connectivity index (χ2v) is 6.63. The molecule has 0 aromatic heterocycles. The molecule has 0 rings (SSSR count). The van der Waals surface area contributed by atoms with Crippen LogP contribution in [0, 0.1) is 0 Å². The van der Waals surface area contributed by atoms with Crippen molar-refractivity contribution in [1.82, 2.24) is 5.32 Å². The van der Waals surface area contributed by atoms with Crippen LogP contribution in [0.2, 0.25) is 0 Å². The molecule has 0 heterocycles. The summed E-state index contributed by atoms with van der Waals surface area (Å²) in [6, 6.07) is 0. The van der Waals surface area contributed by atoms with Gasteiger partial charge in [-0.2, -0.15) is 0 Å². The second-order valence-electron chi connectivity index (χ2n) is 4.65. The standard InChI is InChI=1S/C13H30NO3P/c1-3-5-8-11-14-12-9-6-7-10-13-18(15,16)17-4-2/h14H,3-13H2,1-2H3,(H,15,16). The molecular weight excluding hydrogens is 249 g/mol. The summed E-state index contributed by atoms with van der Waals surface area (Å²) in [5.41, 5.74) is 0. The van der Waals surface area contributed by atoms with Crippen molar-refractivity contribution in [3.63, 3.8) is 0 Å². The van der Waals surface area contributed by atoms with E-state index in [0.717, 1.165) is 38.8 Å². The van der Waals surface area contributed by atoms with Gasteiger partial charge in [0, 0.05) is 6.16 Å². The monoisotopic (exact) mass is 279 g/mol. The maximum atomic E-state index is 11.4. The van der Waals surface area contributed by atoms with Gasteiger partial charge in [-0.15, -0.1) is 0 Å². The number of hydrogen-bond donors (Lipinski definition) is 2. The molecule has 0 saturated carbocycles. The third-order valence-corrected chi connectivity index (χ3v) is 4.38. The molecule has 0 amide bonds. The first-order chi connectivity index (χ1) is 8.62. The summed E-state index contributed by atoms with van der Waals surface area (Å²) in [4.78, 5) is 9.36. The molecule has 0 aromatic rings. The van der Waals surface area contributed by atoms with Gasteiger partial charge in [0.2, 0.25) is 0 Å². The highest BCUT2D eigenvalue weighted by atomic mass is 31.2. The fourth-order valence-electron chi connectivity index (χ4n) is 1.81. The van der Waals surface area contributed by atoms with Gasteiger partial charge >= 0.3 is 7.60 Å². The van der Waals surface area contributed by atoms with Gasteiger partial charge in [0.15, 0.2) is 0 Å². The van der Waals surface area contributed by atoms with E-state index in [2.05, 4.69) is 12.2 Å². The van der Waals surface area contributed by atoms with Crippen LogP contribution >= 0.6 is 7.60 Å². The highest BCUT2D eigenvalue weighted by molar-refractivity contribution is 7.52. The molecule has 0 spiro atoms. The molecule has 2 N–H and O–H groups in total. The fraction of sp³-hybridized carbons (Fsp3) is 1.00. The summed E-state index contributed by atoms with van der Waals surface area (Å²) in [7, 11) is -3.28. The second kappa shape index (κ2) is 12.2. The minimum atomic E-state index is -3.28. The zero-order valence-corrected chi connectivity index (χ0v) is 12.9. The zero-order chi connectivity index (χ0) is 13.7. The molecule has 0 aliphatic carbocycles. The van der Waals surface area contributed by atoms with E-state index in [1.165, 1.54) is 19.3 Å². The summed E-state index contributed by atoms with van der Waals surface area (Å²) < 4.78 is 16.2. The van der Waals surface area contributed by atoms with E-state index in [1.54, 1.807) is 6.92 Å². The van der Waals surface area contributed by atoms with Crippen LogP contribution < -0.4 is 5.32 Å². The zero-order valence-electron chi connectivity index (χ0n) is 12.0. The van der Waals surface area contributed by atoms with Crippen molar-refractivity contribution >= 4 is 7.60 Å². The SMILES string of the molecule is CCCCCNCCCCCCP(=O)(O)OCC. The fourth-order valence-corrected chi connectivity index (χ4v) is 2.96. The van der Waals surface area contributed by atoms with Crippen molar-refractivity contribution in [2.45, 2.75) is 58.8 Å². The van der Waals surface area contributed by atoms with Gasteiger partial charge in [-0.3, -0.25) is 4.57 Å². The average Bonchev–Trinajstić information content (AvgIpc) is 2.31. The number of hydrogen-bond acceptors (Lipinski definition) is 3. The molecule has 0 saturated heterocycles. The molecular formula is C13H30NO3P. The Morgan fingerprint density at radius 1 is 1.00 bits per heavy atom. The Balaban J connectivity index is 3.18. The Morgan fingerprint density at radius 3 is 2.22 bits per heavy atom. The molecule has 0 aliphatic heterocycles. The molecule has 0 bridgehead atoms. The molecule has 0 aliphatic rings. The predicted molar refractivity (Wildman–Crippen MR) is 77.2 cm³/mol. The quantitative estimate of drug-likeness (QED) is 0.400. The maximum Gasteiger partial charge on any atom is 0.328 e. The Morgan fingerprint density at radius 2 is 1.61 bits per heavy atom. The molecule has 0 radical (unpaired) electrons. The Kier molecular flexibility index (Phi) is 12.2. The third-order valence-electron chi connectivity index (χ3n) is 2.83. The minimum Gasteiger partial charge on any atom is -0.324 e. The molecule has 110 valence electrons.